The van der Waals surface area contributed by atoms with E-state index in [1.807, 2.05) is 6.08 Å². The number of non-ortho nitro benzene ring substituents is 1. The number of nitriles is 1. The van der Waals surface area contributed by atoms with E-state index in [1.54, 1.807) is 12.1 Å². The number of nitro benzene ring substituents is 1. The average molecular weight is 348 g/mol. The largest absolute Gasteiger partial charge is 0.269 e. The second-order valence-electron chi connectivity index (χ2n) is 7.62. The van der Waals surface area contributed by atoms with Crippen molar-refractivity contribution >= 4 is 11.3 Å². The van der Waals surface area contributed by atoms with Crippen molar-refractivity contribution in [2.75, 3.05) is 0 Å². The Morgan fingerprint density at radius 3 is 2.19 bits per heavy atom. The molecule has 0 amide bonds. The first kappa shape index (κ1) is 19.4. The molecule has 0 radical (unpaired) electrons. The van der Waals surface area contributed by atoms with Gasteiger partial charge in [0.1, 0.15) is 0 Å². The molecule has 0 saturated heterocycles. The van der Waals surface area contributed by atoms with Crippen LogP contribution >= 0.6 is 0 Å². The minimum absolute atomic E-state index is 0.0260. The van der Waals surface area contributed by atoms with Crippen molar-refractivity contribution < 1.29 is 4.92 Å². The molecule has 0 spiro atoms. The van der Waals surface area contributed by atoms with Crippen LogP contribution in [0.3, 0.4) is 0 Å². The molecule has 0 aliphatic heterocycles. The number of allylic oxidation sites excluding steroid dienone is 2. The van der Waals surface area contributed by atoms with Crippen LogP contribution in [0.4, 0.5) is 5.69 Å². The molecule has 0 fully saturated rings. The summed E-state index contributed by atoms with van der Waals surface area (Å²) in [5, 5.41) is 20.2. The summed E-state index contributed by atoms with van der Waals surface area (Å²) in [7, 11) is 0. The Morgan fingerprint density at radius 2 is 1.73 bits per heavy atom. The lowest BCUT2D eigenvalue weighted by atomic mass is 9.86. The summed E-state index contributed by atoms with van der Waals surface area (Å²) in [5.41, 5.74) is 3.93. The van der Waals surface area contributed by atoms with Crippen LogP contribution < -0.4 is 0 Å². The Kier molecular flexibility index (Phi) is 5.94. The van der Waals surface area contributed by atoms with E-state index in [4.69, 9.17) is 0 Å². The highest BCUT2D eigenvalue weighted by molar-refractivity contribution is 5.77. The van der Waals surface area contributed by atoms with Crippen LogP contribution in [0.15, 0.2) is 54.6 Å². The molecule has 0 aliphatic carbocycles. The summed E-state index contributed by atoms with van der Waals surface area (Å²) >= 11 is 0. The average Bonchev–Trinajstić information content (AvgIpc) is 2.59. The second-order valence-corrected chi connectivity index (χ2v) is 7.62. The van der Waals surface area contributed by atoms with Crippen molar-refractivity contribution in [3.8, 4) is 6.07 Å². The third kappa shape index (κ3) is 5.03. The predicted molar refractivity (Wildman–Crippen MR) is 105 cm³/mol. The first-order valence-corrected chi connectivity index (χ1v) is 8.67. The van der Waals surface area contributed by atoms with Gasteiger partial charge >= 0.3 is 0 Å². The van der Waals surface area contributed by atoms with E-state index in [9.17, 15) is 15.4 Å². The molecule has 2 aromatic rings. The summed E-state index contributed by atoms with van der Waals surface area (Å²) in [6, 6.07) is 16.9. The lowest BCUT2D eigenvalue weighted by molar-refractivity contribution is -0.384. The standard InChI is InChI=1S/C22H24N2O2/c1-16(13-17-5-9-20(10-6-17)22(2,3)4)14-19(15-23)18-7-11-21(12-8-18)24(25)26/h5-12,14,16H,13H2,1-4H3. The normalized spacial score (nSPS) is 13.1. The van der Waals surface area contributed by atoms with E-state index in [0.717, 1.165) is 6.42 Å². The smallest absolute Gasteiger partial charge is 0.258 e. The molecular weight excluding hydrogens is 324 g/mol. The summed E-state index contributed by atoms with van der Waals surface area (Å²) in [4.78, 5) is 10.3. The topological polar surface area (TPSA) is 66.9 Å². The maximum atomic E-state index is 10.7. The number of nitrogens with zero attached hydrogens (tertiary/aromatic N) is 2. The number of hydrogen-bond donors (Lipinski definition) is 0. The molecule has 2 aromatic carbocycles. The van der Waals surface area contributed by atoms with Crippen LogP contribution in [-0.2, 0) is 11.8 Å². The molecule has 134 valence electrons. The summed E-state index contributed by atoms with van der Waals surface area (Å²) in [6.45, 7) is 8.64. The van der Waals surface area contributed by atoms with Gasteiger partial charge in [-0.1, -0.05) is 58.0 Å². The maximum Gasteiger partial charge on any atom is 0.269 e. The van der Waals surface area contributed by atoms with Crippen molar-refractivity contribution in [3.05, 3.63) is 81.4 Å². The Morgan fingerprint density at radius 1 is 1.15 bits per heavy atom. The van der Waals surface area contributed by atoms with Crippen molar-refractivity contribution in [1.29, 1.82) is 5.26 Å². The van der Waals surface area contributed by atoms with Crippen LogP contribution in [0.25, 0.3) is 5.57 Å². The highest BCUT2D eigenvalue weighted by atomic mass is 16.6. The Balaban J connectivity index is 2.13. The molecule has 0 bridgehead atoms. The van der Waals surface area contributed by atoms with Gasteiger partial charge in [-0.2, -0.15) is 5.26 Å². The van der Waals surface area contributed by atoms with Crippen molar-refractivity contribution in [2.45, 2.75) is 39.5 Å². The SMILES string of the molecule is CC(C=C(C#N)c1ccc([N+](=O)[O-])cc1)Cc1ccc(C(C)(C)C)cc1. The minimum atomic E-state index is -0.441. The molecule has 0 aromatic heterocycles. The lowest BCUT2D eigenvalue weighted by Gasteiger charge is -2.19. The van der Waals surface area contributed by atoms with Gasteiger partial charge < -0.3 is 0 Å². The van der Waals surface area contributed by atoms with E-state index >= 15 is 0 Å². The van der Waals surface area contributed by atoms with Gasteiger partial charge in [-0.05, 0) is 46.6 Å². The highest BCUT2D eigenvalue weighted by Crippen LogP contribution is 2.24. The van der Waals surface area contributed by atoms with Gasteiger partial charge in [0.25, 0.3) is 5.69 Å². The Bertz CT molecular complexity index is 836. The zero-order valence-corrected chi connectivity index (χ0v) is 15.7. The highest BCUT2D eigenvalue weighted by Gasteiger charge is 2.13. The number of nitro groups is 1. The van der Waals surface area contributed by atoms with Crippen LogP contribution in [0.1, 0.15) is 44.4 Å². The van der Waals surface area contributed by atoms with Crippen LogP contribution in [0.2, 0.25) is 0 Å². The molecule has 1 atom stereocenters. The molecule has 2 rings (SSSR count). The molecule has 0 saturated carbocycles. The molecule has 0 aliphatic rings. The summed E-state index contributed by atoms with van der Waals surface area (Å²) in [5.74, 6) is 0.181. The van der Waals surface area contributed by atoms with Gasteiger partial charge in [-0.15, -0.1) is 0 Å². The first-order chi connectivity index (χ1) is 12.2. The van der Waals surface area contributed by atoms with Gasteiger partial charge in [-0.25, -0.2) is 0 Å². The molecule has 26 heavy (non-hydrogen) atoms. The van der Waals surface area contributed by atoms with Gasteiger partial charge in [0.15, 0.2) is 0 Å². The Hall–Kier alpha value is -2.93. The van der Waals surface area contributed by atoms with Crippen molar-refractivity contribution in [1.82, 2.24) is 0 Å². The first-order valence-electron chi connectivity index (χ1n) is 8.67. The number of hydrogen-bond acceptors (Lipinski definition) is 3. The van der Waals surface area contributed by atoms with Crippen LogP contribution in [0.5, 0.6) is 0 Å². The van der Waals surface area contributed by atoms with E-state index < -0.39 is 4.92 Å². The van der Waals surface area contributed by atoms with Gasteiger partial charge in [0.2, 0.25) is 0 Å². The molecular formula is C22H24N2O2. The lowest BCUT2D eigenvalue weighted by Crippen LogP contribution is -2.10. The van der Waals surface area contributed by atoms with Gasteiger partial charge in [0, 0.05) is 12.1 Å². The molecule has 0 N–H and O–H groups in total. The fraction of sp³-hybridized carbons (Fsp3) is 0.318. The molecule has 4 nitrogen and oxygen atoms in total. The fourth-order valence-corrected chi connectivity index (χ4v) is 2.82. The summed E-state index contributed by atoms with van der Waals surface area (Å²) < 4.78 is 0. The predicted octanol–water partition coefficient (Wildman–Crippen LogP) is 5.68. The molecule has 1 unspecified atom stereocenters. The number of benzene rings is 2. The van der Waals surface area contributed by atoms with E-state index in [0.29, 0.717) is 11.1 Å². The van der Waals surface area contributed by atoms with Gasteiger partial charge in [0.05, 0.1) is 16.6 Å². The molecule has 4 heteroatoms. The minimum Gasteiger partial charge on any atom is -0.258 e. The molecule has 0 heterocycles. The monoisotopic (exact) mass is 348 g/mol. The zero-order chi connectivity index (χ0) is 19.3. The third-order valence-corrected chi connectivity index (χ3v) is 4.34. The van der Waals surface area contributed by atoms with E-state index in [1.165, 1.54) is 23.3 Å². The number of rotatable bonds is 5. The van der Waals surface area contributed by atoms with Crippen molar-refractivity contribution in [3.63, 3.8) is 0 Å². The van der Waals surface area contributed by atoms with Gasteiger partial charge in [-0.3, -0.25) is 10.1 Å². The maximum absolute atomic E-state index is 10.7. The van der Waals surface area contributed by atoms with E-state index in [2.05, 4.69) is 58.0 Å². The Labute approximate surface area is 154 Å². The van der Waals surface area contributed by atoms with Crippen molar-refractivity contribution in [2.24, 2.45) is 5.92 Å². The third-order valence-electron chi connectivity index (χ3n) is 4.34. The zero-order valence-electron chi connectivity index (χ0n) is 15.7. The summed E-state index contributed by atoms with van der Waals surface area (Å²) in [6.07, 6.45) is 2.77. The van der Waals surface area contributed by atoms with Crippen LogP contribution in [0, 0.1) is 27.4 Å². The second kappa shape index (κ2) is 7.97. The van der Waals surface area contributed by atoms with Crippen LogP contribution in [-0.4, -0.2) is 4.92 Å². The fourth-order valence-electron chi connectivity index (χ4n) is 2.82. The van der Waals surface area contributed by atoms with E-state index in [-0.39, 0.29) is 17.0 Å². The quantitative estimate of drug-likeness (QED) is 0.397.